The van der Waals surface area contributed by atoms with Crippen LogP contribution in [0.1, 0.15) is 30.9 Å². The first-order valence-corrected chi connectivity index (χ1v) is 7.31. The van der Waals surface area contributed by atoms with Gasteiger partial charge in [0, 0.05) is 12.6 Å². The molecular weight excluding hydrogens is 268 g/mol. The smallest absolute Gasteiger partial charge is 0.332 e. The van der Waals surface area contributed by atoms with E-state index in [1.807, 2.05) is 31.2 Å². The van der Waals surface area contributed by atoms with Crippen LogP contribution >= 0.6 is 0 Å². The van der Waals surface area contributed by atoms with Gasteiger partial charge in [0.05, 0.1) is 6.61 Å². The Morgan fingerprint density at radius 3 is 2.48 bits per heavy atom. The van der Waals surface area contributed by atoms with E-state index in [9.17, 15) is 9.59 Å². The van der Waals surface area contributed by atoms with Gasteiger partial charge in [0.2, 0.25) is 0 Å². The van der Waals surface area contributed by atoms with E-state index in [0.29, 0.717) is 6.54 Å². The summed E-state index contributed by atoms with van der Waals surface area (Å²) in [6.07, 6.45) is 1.93. The summed E-state index contributed by atoms with van der Waals surface area (Å²) in [6.45, 7) is 4.42. The summed E-state index contributed by atoms with van der Waals surface area (Å²) in [7, 11) is 0. The number of hydrogen-bond acceptors (Lipinski definition) is 4. The summed E-state index contributed by atoms with van der Waals surface area (Å²) < 4.78 is 4.83. The van der Waals surface area contributed by atoms with E-state index in [1.165, 1.54) is 5.56 Å². The SMILES string of the molecule is CCOC(=O)C(N)C(=O)N(Cc1ccc(C)cc1)C1CC1. The van der Waals surface area contributed by atoms with E-state index in [0.717, 1.165) is 18.4 Å². The van der Waals surface area contributed by atoms with Crippen LogP contribution in [0.25, 0.3) is 0 Å². The first kappa shape index (κ1) is 15.5. The summed E-state index contributed by atoms with van der Waals surface area (Å²) in [6, 6.07) is 6.98. The van der Waals surface area contributed by atoms with Gasteiger partial charge in [0.15, 0.2) is 6.04 Å². The van der Waals surface area contributed by atoms with Gasteiger partial charge in [-0.3, -0.25) is 4.79 Å². The molecule has 21 heavy (non-hydrogen) atoms. The Balaban J connectivity index is 2.06. The molecule has 1 unspecified atom stereocenters. The minimum absolute atomic E-state index is 0.194. The van der Waals surface area contributed by atoms with Crippen LogP contribution in [0.15, 0.2) is 24.3 Å². The van der Waals surface area contributed by atoms with Gasteiger partial charge in [0.25, 0.3) is 5.91 Å². The van der Waals surface area contributed by atoms with Crippen molar-refractivity contribution in [1.29, 1.82) is 0 Å². The van der Waals surface area contributed by atoms with Crippen molar-refractivity contribution in [2.24, 2.45) is 5.73 Å². The summed E-state index contributed by atoms with van der Waals surface area (Å²) in [5.74, 6) is -1.01. The molecule has 1 aromatic carbocycles. The van der Waals surface area contributed by atoms with Crippen LogP contribution < -0.4 is 5.73 Å². The van der Waals surface area contributed by atoms with Crippen LogP contribution in [0.3, 0.4) is 0 Å². The van der Waals surface area contributed by atoms with E-state index in [1.54, 1.807) is 11.8 Å². The molecule has 2 rings (SSSR count). The number of amides is 1. The topological polar surface area (TPSA) is 72.6 Å². The van der Waals surface area contributed by atoms with Gasteiger partial charge in [-0.15, -0.1) is 0 Å². The molecular formula is C16H22N2O3. The minimum atomic E-state index is -1.23. The van der Waals surface area contributed by atoms with Gasteiger partial charge in [-0.1, -0.05) is 29.8 Å². The largest absolute Gasteiger partial charge is 0.464 e. The number of aryl methyl sites for hydroxylation is 1. The normalized spacial score (nSPS) is 15.4. The molecule has 1 amide bonds. The van der Waals surface area contributed by atoms with Gasteiger partial charge >= 0.3 is 5.97 Å². The quantitative estimate of drug-likeness (QED) is 0.634. The Kier molecular flexibility index (Phi) is 4.96. The molecule has 0 spiro atoms. The highest BCUT2D eigenvalue weighted by Crippen LogP contribution is 2.29. The monoisotopic (exact) mass is 290 g/mol. The Morgan fingerprint density at radius 1 is 1.33 bits per heavy atom. The highest BCUT2D eigenvalue weighted by Gasteiger charge is 2.37. The van der Waals surface area contributed by atoms with E-state index in [2.05, 4.69) is 0 Å². The zero-order valence-electron chi connectivity index (χ0n) is 12.5. The number of nitrogens with zero attached hydrogens (tertiary/aromatic N) is 1. The molecule has 0 aromatic heterocycles. The molecule has 1 saturated carbocycles. The van der Waals surface area contributed by atoms with Crippen LogP contribution in [0, 0.1) is 6.92 Å². The van der Waals surface area contributed by atoms with E-state index in [4.69, 9.17) is 10.5 Å². The third-order valence-electron chi connectivity index (χ3n) is 3.55. The first-order valence-electron chi connectivity index (χ1n) is 7.31. The number of ether oxygens (including phenoxy) is 1. The fraction of sp³-hybridized carbons (Fsp3) is 0.500. The zero-order chi connectivity index (χ0) is 15.4. The fourth-order valence-corrected chi connectivity index (χ4v) is 2.17. The third-order valence-corrected chi connectivity index (χ3v) is 3.55. The maximum Gasteiger partial charge on any atom is 0.332 e. The molecule has 0 bridgehead atoms. The number of hydrogen-bond donors (Lipinski definition) is 1. The lowest BCUT2D eigenvalue weighted by molar-refractivity contribution is -0.151. The molecule has 0 aliphatic heterocycles. The summed E-state index contributed by atoms with van der Waals surface area (Å²) in [5, 5.41) is 0. The van der Waals surface area contributed by atoms with Crippen LogP contribution in [-0.4, -0.2) is 35.5 Å². The highest BCUT2D eigenvalue weighted by atomic mass is 16.5. The van der Waals surface area contributed by atoms with Crippen molar-refractivity contribution in [1.82, 2.24) is 4.90 Å². The molecule has 0 heterocycles. The van der Waals surface area contributed by atoms with Crippen LogP contribution in [0.5, 0.6) is 0 Å². The average Bonchev–Trinajstić information content (AvgIpc) is 3.30. The molecule has 1 atom stereocenters. The molecule has 1 fully saturated rings. The predicted molar refractivity (Wildman–Crippen MR) is 79.4 cm³/mol. The van der Waals surface area contributed by atoms with Crippen molar-refractivity contribution in [3.05, 3.63) is 35.4 Å². The molecule has 1 aliphatic rings. The van der Waals surface area contributed by atoms with E-state index in [-0.39, 0.29) is 18.6 Å². The summed E-state index contributed by atoms with van der Waals surface area (Å²) in [5.41, 5.74) is 7.94. The van der Waals surface area contributed by atoms with Crippen LogP contribution in [0.2, 0.25) is 0 Å². The second-order valence-corrected chi connectivity index (χ2v) is 5.41. The average molecular weight is 290 g/mol. The van der Waals surface area contributed by atoms with Crippen molar-refractivity contribution in [2.75, 3.05) is 6.61 Å². The lowest BCUT2D eigenvalue weighted by Crippen LogP contribution is -2.49. The van der Waals surface area contributed by atoms with Crippen molar-refractivity contribution in [3.63, 3.8) is 0 Å². The Hall–Kier alpha value is -1.88. The maximum atomic E-state index is 12.4. The van der Waals surface area contributed by atoms with Crippen molar-refractivity contribution in [3.8, 4) is 0 Å². The zero-order valence-corrected chi connectivity index (χ0v) is 12.5. The number of esters is 1. The van der Waals surface area contributed by atoms with Gasteiger partial charge in [-0.2, -0.15) is 0 Å². The Morgan fingerprint density at radius 2 is 1.95 bits per heavy atom. The van der Waals surface area contributed by atoms with Crippen LogP contribution in [-0.2, 0) is 20.9 Å². The van der Waals surface area contributed by atoms with Crippen molar-refractivity contribution < 1.29 is 14.3 Å². The molecule has 1 aromatic rings. The summed E-state index contributed by atoms with van der Waals surface area (Å²) in [4.78, 5) is 25.7. The lowest BCUT2D eigenvalue weighted by Gasteiger charge is -2.25. The Labute approximate surface area is 125 Å². The number of benzene rings is 1. The maximum absolute atomic E-state index is 12.4. The third kappa shape index (κ3) is 4.04. The molecule has 2 N–H and O–H groups in total. The molecule has 1 aliphatic carbocycles. The standard InChI is InChI=1S/C16H22N2O3/c1-3-21-16(20)14(17)15(19)18(13-8-9-13)10-12-6-4-11(2)5-7-12/h4-7,13-14H,3,8-10,17H2,1-2H3. The van der Waals surface area contributed by atoms with Crippen molar-refractivity contribution in [2.45, 2.75) is 45.3 Å². The highest BCUT2D eigenvalue weighted by molar-refractivity contribution is 6.01. The van der Waals surface area contributed by atoms with Gasteiger partial charge in [-0.25, -0.2) is 4.79 Å². The number of nitrogens with two attached hydrogens (primary N) is 1. The lowest BCUT2D eigenvalue weighted by atomic mass is 10.1. The summed E-state index contributed by atoms with van der Waals surface area (Å²) >= 11 is 0. The molecule has 5 heteroatoms. The van der Waals surface area contributed by atoms with Crippen molar-refractivity contribution >= 4 is 11.9 Å². The second-order valence-electron chi connectivity index (χ2n) is 5.41. The molecule has 0 saturated heterocycles. The number of carbonyl (C=O) groups excluding carboxylic acids is 2. The van der Waals surface area contributed by atoms with Gasteiger partial charge in [-0.05, 0) is 32.3 Å². The van der Waals surface area contributed by atoms with E-state index < -0.39 is 12.0 Å². The molecule has 0 radical (unpaired) electrons. The Bertz CT molecular complexity index is 509. The first-order chi connectivity index (χ1) is 10.0. The second kappa shape index (κ2) is 6.72. The molecule has 5 nitrogen and oxygen atoms in total. The minimum Gasteiger partial charge on any atom is -0.464 e. The van der Waals surface area contributed by atoms with Gasteiger partial charge < -0.3 is 15.4 Å². The number of rotatable bonds is 6. The fourth-order valence-electron chi connectivity index (χ4n) is 2.17. The van der Waals surface area contributed by atoms with E-state index >= 15 is 0 Å². The molecule has 114 valence electrons. The van der Waals surface area contributed by atoms with Crippen LogP contribution in [0.4, 0.5) is 0 Å². The van der Waals surface area contributed by atoms with Gasteiger partial charge in [0.1, 0.15) is 0 Å². The predicted octanol–water partition coefficient (Wildman–Crippen LogP) is 1.38. The number of carbonyl (C=O) groups is 2.